The molecule has 0 bridgehead atoms. The van der Waals surface area contributed by atoms with Crippen LogP contribution in [-0.4, -0.2) is 37.0 Å². The predicted octanol–water partition coefficient (Wildman–Crippen LogP) is 7.97. The molecule has 1 fully saturated rings. The van der Waals surface area contributed by atoms with E-state index >= 15 is 0 Å². The quantitative estimate of drug-likeness (QED) is 0.224. The molecule has 0 saturated carbocycles. The Morgan fingerprint density at radius 2 is 1.59 bits per heavy atom. The Balaban J connectivity index is 0.00000420. The third-order valence-electron chi connectivity index (χ3n) is 7.21. The summed E-state index contributed by atoms with van der Waals surface area (Å²) in [6.45, 7) is 2.86. The van der Waals surface area contributed by atoms with E-state index in [9.17, 15) is 4.79 Å². The number of halogens is 4. The molecule has 3 aromatic rings. The number of nitrogens with zero attached hydrogens (tertiary/aromatic N) is 1. The van der Waals surface area contributed by atoms with Crippen molar-refractivity contribution in [3.8, 4) is 5.75 Å². The lowest BCUT2D eigenvalue weighted by Gasteiger charge is -2.32. The fraction of sp³-hybridized carbons (Fsp3) is 0.387. The van der Waals surface area contributed by atoms with Crippen LogP contribution in [0, 0.1) is 0 Å². The number of unbranched alkanes of at least 4 members (excludes halogenated alkanes) is 1. The summed E-state index contributed by atoms with van der Waals surface area (Å²) in [5.74, 6) is 0.944. The van der Waals surface area contributed by atoms with Crippen molar-refractivity contribution in [2.75, 3.05) is 20.2 Å². The molecule has 4 nitrogen and oxygen atoms in total. The minimum atomic E-state index is 0. The minimum Gasteiger partial charge on any atom is -0.497 e. The highest BCUT2D eigenvalue weighted by molar-refractivity contribution is 6.42. The summed E-state index contributed by atoms with van der Waals surface area (Å²) in [6.07, 6.45) is 6.02. The van der Waals surface area contributed by atoms with Crippen molar-refractivity contribution in [2.45, 2.75) is 57.5 Å². The summed E-state index contributed by atoms with van der Waals surface area (Å²) in [5, 5.41) is 5.16. The minimum absolute atomic E-state index is 0. The van der Waals surface area contributed by atoms with Crippen LogP contribution < -0.4 is 10.1 Å². The molecule has 1 amide bonds. The zero-order valence-electron chi connectivity index (χ0n) is 22.2. The Morgan fingerprint density at radius 3 is 2.28 bits per heavy atom. The number of benzene rings is 3. The standard InChI is InChI=1S/C31H35Cl3N2O2.ClH/c1-38-26-12-9-23(10-13-26)21-36-17-15-25(16-18-36)35-31(37)20-24-6-4-8-28(32)27(24)7-3-2-5-22-11-14-29(33)30(34)19-22;/h4,6,8-14,19,25H,2-3,5,7,15-18,20-21H2,1H3,(H,35,37);1H. The van der Waals surface area contributed by atoms with Crippen LogP contribution in [0.4, 0.5) is 0 Å². The van der Waals surface area contributed by atoms with E-state index in [0.29, 0.717) is 16.5 Å². The summed E-state index contributed by atoms with van der Waals surface area (Å²) in [5.41, 5.74) is 4.54. The van der Waals surface area contributed by atoms with Crippen molar-refractivity contribution in [1.29, 1.82) is 0 Å². The van der Waals surface area contributed by atoms with Gasteiger partial charge in [-0.15, -0.1) is 12.4 Å². The highest BCUT2D eigenvalue weighted by Gasteiger charge is 2.21. The van der Waals surface area contributed by atoms with Crippen molar-refractivity contribution in [3.63, 3.8) is 0 Å². The van der Waals surface area contributed by atoms with Crippen molar-refractivity contribution in [2.24, 2.45) is 0 Å². The highest BCUT2D eigenvalue weighted by Crippen LogP contribution is 2.26. The molecule has 0 radical (unpaired) electrons. The first-order chi connectivity index (χ1) is 18.4. The Hall–Kier alpha value is -1.95. The second-order valence-electron chi connectivity index (χ2n) is 9.98. The molecule has 1 aliphatic rings. The first-order valence-electron chi connectivity index (χ1n) is 13.3. The van der Waals surface area contributed by atoms with Gasteiger partial charge in [0.05, 0.1) is 23.6 Å². The SMILES string of the molecule is COc1ccc(CN2CCC(NC(=O)Cc3cccc(Cl)c3CCCCc3ccc(Cl)c(Cl)c3)CC2)cc1.Cl. The number of carbonyl (C=O) groups is 1. The van der Waals surface area contributed by atoms with Crippen LogP contribution in [-0.2, 0) is 30.6 Å². The normalized spacial score (nSPS) is 14.1. The third kappa shape index (κ3) is 9.58. The molecule has 0 spiro atoms. The Morgan fingerprint density at radius 1 is 0.897 bits per heavy atom. The topological polar surface area (TPSA) is 41.6 Å². The van der Waals surface area contributed by atoms with Crippen LogP contribution in [0.2, 0.25) is 15.1 Å². The molecule has 1 aliphatic heterocycles. The summed E-state index contributed by atoms with van der Waals surface area (Å²) in [7, 11) is 1.68. The molecule has 0 aliphatic carbocycles. The Kier molecular flexibility index (Phi) is 12.7. The monoisotopic (exact) mass is 608 g/mol. The molecule has 1 heterocycles. The second kappa shape index (κ2) is 15.7. The van der Waals surface area contributed by atoms with E-state index in [1.165, 1.54) is 11.1 Å². The number of aryl methyl sites for hydroxylation is 1. The number of rotatable bonds is 11. The van der Waals surface area contributed by atoms with E-state index in [2.05, 4.69) is 22.3 Å². The zero-order chi connectivity index (χ0) is 26.9. The third-order valence-corrected chi connectivity index (χ3v) is 8.30. The molecule has 210 valence electrons. The van der Waals surface area contributed by atoms with Crippen LogP contribution in [0.1, 0.15) is 47.9 Å². The molecule has 39 heavy (non-hydrogen) atoms. The maximum absolute atomic E-state index is 12.9. The van der Waals surface area contributed by atoms with E-state index in [-0.39, 0.29) is 24.4 Å². The van der Waals surface area contributed by atoms with E-state index in [1.54, 1.807) is 7.11 Å². The van der Waals surface area contributed by atoms with Gasteiger partial charge < -0.3 is 10.1 Å². The summed E-state index contributed by atoms with van der Waals surface area (Å²) in [6, 6.07) is 20.1. The highest BCUT2D eigenvalue weighted by atomic mass is 35.5. The number of amides is 1. The lowest BCUT2D eigenvalue weighted by Crippen LogP contribution is -2.44. The number of ether oxygens (including phenoxy) is 1. The van der Waals surface area contributed by atoms with Crippen molar-refractivity contribution in [3.05, 3.63) is 98.0 Å². The molecule has 4 rings (SSSR count). The van der Waals surface area contributed by atoms with Gasteiger partial charge in [-0.05, 0) is 91.1 Å². The number of methoxy groups -OCH3 is 1. The molecule has 0 atom stereocenters. The summed E-state index contributed by atoms with van der Waals surface area (Å²) >= 11 is 18.7. The molecule has 0 unspecified atom stereocenters. The fourth-order valence-electron chi connectivity index (χ4n) is 5.05. The molecular formula is C31H36Cl4N2O2. The molecule has 3 aromatic carbocycles. The molecule has 0 aromatic heterocycles. The zero-order valence-corrected chi connectivity index (χ0v) is 25.3. The number of likely N-dealkylation sites (tertiary alicyclic amines) is 1. The molecule has 1 saturated heterocycles. The number of piperidine rings is 1. The van der Waals surface area contributed by atoms with Crippen LogP contribution >= 0.6 is 47.2 Å². The van der Waals surface area contributed by atoms with Gasteiger partial charge in [0, 0.05) is 30.7 Å². The van der Waals surface area contributed by atoms with Gasteiger partial charge in [0.2, 0.25) is 5.91 Å². The number of hydrogen-bond acceptors (Lipinski definition) is 3. The summed E-state index contributed by atoms with van der Waals surface area (Å²) < 4.78 is 5.25. The van der Waals surface area contributed by atoms with Crippen molar-refractivity contribution in [1.82, 2.24) is 10.2 Å². The van der Waals surface area contributed by atoms with Crippen LogP contribution in [0.15, 0.2) is 60.7 Å². The molecule has 1 N–H and O–H groups in total. The van der Waals surface area contributed by atoms with Crippen LogP contribution in [0.5, 0.6) is 5.75 Å². The van der Waals surface area contributed by atoms with Gasteiger partial charge in [0.25, 0.3) is 0 Å². The van der Waals surface area contributed by atoms with Gasteiger partial charge in [-0.25, -0.2) is 0 Å². The first kappa shape index (κ1) is 31.6. The number of carbonyl (C=O) groups excluding carboxylic acids is 1. The molecule has 8 heteroatoms. The van der Waals surface area contributed by atoms with Crippen LogP contribution in [0.25, 0.3) is 0 Å². The molecular weight excluding hydrogens is 574 g/mol. The lowest BCUT2D eigenvalue weighted by atomic mass is 9.97. The van der Waals surface area contributed by atoms with E-state index in [1.807, 2.05) is 48.5 Å². The fourth-order valence-corrected chi connectivity index (χ4v) is 5.66. The number of hydrogen-bond donors (Lipinski definition) is 1. The summed E-state index contributed by atoms with van der Waals surface area (Å²) in [4.78, 5) is 15.4. The second-order valence-corrected chi connectivity index (χ2v) is 11.2. The predicted molar refractivity (Wildman–Crippen MR) is 165 cm³/mol. The average molecular weight is 610 g/mol. The van der Waals surface area contributed by atoms with Gasteiger partial charge in [-0.2, -0.15) is 0 Å². The number of nitrogens with one attached hydrogen (secondary N) is 1. The first-order valence-corrected chi connectivity index (χ1v) is 14.4. The van der Waals surface area contributed by atoms with Gasteiger partial charge >= 0.3 is 0 Å². The maximum atomic E-state index is 12.9. The average Bonchev–Trinajstić information content (AvgIpc) is 2.91. The van der Waals surface area contributed by atoms with Crippen LogP contribution in [0.3, 0.4) is 0 Å². The lowest BCUT2D eigenvalue weighted by molar-refractivity contribution is -0.121. The van der Waals surface area contributed by atoms with E-state index in [0.717, 1.165) is 80.1 Å². The van der Waals surface area contributed by atoms with Gasteiger partial charge in [-0.1, -0.05) is 65.1 Å². The van der Waals surface area contributed by atoms with Crippen molar-refractivity contribution < 1.29 is 9.53 Å². The smallest absolute Gasteiger partial charge is 0.224 e. The van der Waals surface area contributed by atoms with Crippen molar-refractivity contribution >= 4 is 53.1 Å². The Bertz CT molecular complexity index is 1210. The van der Waals surface area contributed by atoms with Gasteiger partial charge in [-0.3, -0.25) is 9.69 Å². The van der Waals surface area contributed by atoms with E-state index in [4.69, 9.17) is 39.5 Å². The van der Waals surface area contributed by atoms with Gasteiger partial charge in [0.1, 0.15) is 5.75 Å². The van der Waals surface area contributed by atoms with E-state index < -0.39 is 0 Å². The maximum Gasteiger partial charge on any atom is 0.224 e. The van der Waals surface area contributed by atoms with Gasteiger partial charge in [0.15, 0.2) is 0 Å². The largest absolute Gasteiger partial charge is 0.497 e. The Labute approximate surface area is 253 Å².